The molecule has 0 radical (unpaired) electrons. The fourth-order valence-electron chi connectivity index (χ4n) is 1.37. The van der Waals surface area contributed by atoms with Gasteiger partial charge in [-0.05, 0) is 18.6 Å². The highest BCUT2D eigenvalue weighted by atomic mass is 35.5. The van der Waals surface area contributed by atoms with Crippen molar-refractivity contribution in [2.45, 2.75) is 18.2 Å². The molecule has 6 nitrogen and oxygen atoms in total. The van der Waals surface area contributed by atoms with Crippen LogP contribution in [0.3, 0.4) is 0 Å². The van der Waals surface area contributed by atoms with Gasteiger partial charge in [0.25, 0.3) is 0 Å². The molecule has 0 aliphatic rings. The van der Waals surface area contributed by atoms with Gasteiger partial charge in [-0.2, -0.15) is 0 Å². The molecule has 19 heavy (non-hydrogen) atoms. The van der Waals surface area contributed by atoms with Gasteiger partial charge >= 0.3 is 0 Å². The van der Waals surface area contributed by atoms with Gasteiger partial charge in [-0.15, -0.1) is 15.9 Å². The largest absolute Gasteiger partial charge is 0.495 e. The summed E-state index contributed by atoms with van der Waals surface area (Å²) in [5.41, 5.74) is 1.44. The average molecular weight is 308 g/mol. The molecule has 1 aromatic rings. The third-order valence-corrected chi connectivity index (χ3v) is 3.08. The lowest BCUT2D eigenvalue weighted by molar-refractivity contribution is -0.432. The van der Waals surface area contributed by atoms with Gasteiger partial charge in [0, 0.05) is 24.1 Å². The van der Waals surface area contributed by atoms with E-state index in [2.05, 4.69) is 14.7 Å². The second-order valence-corrected chi connectivity index (χ2v) is 4.65. The molecule has 0 atom stereocenters. The number of alkyl halides is 1. The number of aryl methyl sites for hydroxylation is 1. The molecule has 1 aromatic carbocycles. The van der Waals surface area contributed by atoms with Crippen LogP contribution in [-0.4, -0.2) is 24.2 Å². The molecule has 1 amide bonds. The maximum absolute atomic E-state index is 11.5. The Labute approximate surface area is 120 Å². The predicted molar refractivity (Wildman–Crippen MR) is 72.4 cm³/mol. The molecule has 0 saturated carbocycles. The third-order valence-electron chi connectivity index (χ3n) is 2.26. The van der Waals surface area contributed by atoms with E-state index in [0.29, 0.717) is 16.3 Å². The maximum atomic E-state index is 11.5. The van der Waals surface area contributed by atoms with Crippen molar-refractivity contribution in [2.75, 3.05) is 18.3 Å². The maximum Gasteiger partial charge on any atom is 0.225 e. The van der Waals surface area contributed by atoms with Crippen molar-refractivity contribution in [2.24, 2.45) is 0 Å². The quantitative estimate of drug-likeness (QED) is 0.349. The van der Waals surface area contributed by atoms with Gasteiger partial charge in [-0.1, -0.05) is 5.04 Å². The second kappa shape index (κ2) is 8.23. The van der Waals surface area contributed by atoms with Gasteiger partial charge < -0.3 is 10.1 Å². The molecule has 0 aliphatic carbocycles. The van der Waals surface area contributed by atoms with Crippen molar-refractivity contribution in [1.29, 1.82) is 0 Å². The van der Waals surface area contributed by atoms with Crippen LogP contribution in [0, 0.1) is 6.92 Å². The Bertz CT molecular complexity index is 443. The third kappa shape index (κ3) is 4.88. The van der Waals surface area contributed by atoms with Crippen LogP contribution in [0.15, 0.2) is 17.0 Å². The van der Waals surface area contributed by atoms with Crippen molar-refractivity contribution in [3.63, 3.8) is 0 Å². The molecule has 0 unspecified atom stereocenters. The lowest BCUT2D eigenvalue weighted by atomic mass is 10.2. The number of hydrogen-bond donors (Lipinski definition) is 2. The van der Waals surface area contributed by atoms with E-state index in [-0.39, 0.29) is 18.2 Å². The van der Waals surface area contributed by atoms with Crippen LogP contribution in [-0.2, 0) is 14.2 Å². The molecule has 0 aromatic heterocycles. The van der Waals surface area contributed by atoms with E-state index in [4.69, 9.17) is 21.6 Å². The number of ether oxygens (including phenoxy) is 1. The number of carbonyl (C=O) groups is 1. The van der Waals surface area contributed by atoms with E-state index >= 15 is 0 Å². The molecular formula is C11H14ClNO5S. The van der Waals surface area contributed by atoms with E-state index < -0.39 is 0 Å². The number of methoxy groups -OCH3 is 1. The lowest BCUT2D eigenvalue weighted by Crippen LogP contribution is -2.12. The number of benzene rings is 1. The number of rotatable bonds is 7. The summed E-state index contributed by atoms with van der Waals surface area (Å²) in [6, 6.07) is 3.39. The molecule has 2 N–H and O–H groups in total. The molecule has 0 aliphatic heterocycles. The van der Waals surface area contributed by atoms with Gasteiger partial charge in [0.2, 0.25) is 5.91 Å². The molecule has 106 valence electrons. The molecule has 0 spiro atoms. The minimum atomic E-state index is -0.171. The number of hydrogen-bond acceptors (Lipinski definition) is 6. The zero-order valence-corrected chi connectivity index (χ0v) is 12.0. The number of anilines is 1. The Kier molecular flexibility index (Phi) is 6.96. The molecular weight excluding hydrogens is 294 g/mol. The smallest absolute Gasteiger partial charge is 0.225 e. The van der Waals surface area contributed by atoms with E-state index in [1.54, 1.807) is 12.1 Å². The molecule has 0 fully saturated rings. The molecule has 8 heteroatoms. The number of halogens is 1. The monoisotopic (exact) mass is 307 g/mol. The van der Waals surface area contributed by atoms with Crippen molar-refractivity contribution < 1.29 is 24.2 Å². The summed E-state index contributed by atoms with van der Waals surface area (Å²) < 4.78 is 9.53. The lowest BCUT2D eigenvalue weighted by Gasteiger charge is -2.13. The first-order chi connectivity index (χ1) is 9.12. The summed E-state index contributed by atoms with van der Waals surface area (Å²) in [4.78, 5) is 12.1. The summed E-state index contributed by atoms with van der Waals surface area (Å²) in [5.74, 6) is 0.571. The molecule has 0 bridgehead atoms. The highest BCUT2D eigenvalue weighted by Crippen LogP contribution is 2.34. The summed E-state index contributed by atoms with van der Waals surface area (Å²) >= 11 is 6.29. The zero-order chi connectivity index (χ0) is 14.3. The first kappa shape index (κ1) is 16.1. The van der Waals surface area contributed by atoms with Crippen LogP contribution in [0.4, 0.5) is 5.69 Å². The summed E-state index contributed by atoms with van der Waals surface area (Å²) in [6.45, 7) is 1.82. The van der Waals surface area contributed by atoms with Gasteiger partial charge in [-0.25, -0.2) is 5.26 Å². The molecule has 1 rings (SSSR count). The highest BCUT2D eigenvalue weighted by Gasteiger charge is 2.12. The minimum Gasteiger partial charge on any atom is -0.495 e. The minimum absolute atomic E-state index is 0.171. The molecule has 0 saturated heterocycles. The summed E-state index contributed by atoms with van der Waals surface area (Å²) in [5, 5.41) is 14.4. The normalized spacial score (nSPS) is 10.3. The average Bonchev–Trinajstić information content (AvgIpc) is 2.39. The highest BCUT2D eigenvalue weighted by molar-refractivity contribution is 7.94. The van der Waals surface area contributed by atoms with Crippen LogP contribution in [0.2, 0.25) is 0 Å². The molecule has 0 heterocycles. The predicted octanol–water partition coefficient (Wildman–Crippen LogP) is 3.00. The van der Waals surface area contributed by atoms with Gasteiger partial charge in [0.1, 0.15) is 5.75 Å². The van der Waals surface area contributed by atoms with Crippen molar-refractivity contribution in [3.8, 4) is 5.75 Å². The first-order valence-corrected chi connectivity index (χ1v) is 6.59. The van der Waals surface area contributed by atoms with E-state index in [0.717, 1.165) is 17.6 Å². The van der Waals surface area contributed by atoms with Crippen molar-refractivity contribution in [3.05, 3.63) is 17.7 Å². The summed E-state index contributed by atoms with van der Waals surface area (Å²) in [7, 11) is 1.49. The van der Waals surface area contributed by atoms with Crippen molar-refractivity contribution in [1.82, 2.24) is 0 Å². The second-order valence-electron chi connectivity index (χ2n) is 3.53. The van der Waals surface area contributed by atoms with Crippen molar-refractivity contribution >= 4 is 35.2 Å². The van der Waals surface area contributed by atoms with Gasteiger partial charge in [-0.3, -0.25) is 4.79 Å². The number of amides is 1. The Balaban J connectivity index is 2.92. The topological polar surface area (TPSA) is 77.0 Å². The van der Waals surface area contributed by atoms with E-state index in [1.807, 2.05) is 6.92 Å². The fourth-order valence-corrected chi connectivity index (χ4v) is 2.10. The van der Waals surface area contributed by atoms with Crippen LogP contribution in [0.1, 0.15) is 12.0 Å². The fraction of sp³-hybridized carbons (Fsp3) is 0.364. The number of carbonyl (C=O) groups excluding carboxylic acids is 1. The van der Waals surface area contributed by atoms with Crippen LogP contribution in [0.25, 0.3) is 0 Å². The van der Waals surface area contributed by atoms with Crippen LogP contribution >= 0.6 is 23.6 Å². The zero-order valence-electron chi connectivity index (χ0n) is 10.4. The Hall–Kier alpha value is -0.990. The Morgan fingerprint density at radius 1 is 1.53 bits per heavy atom. The van der Waals surface area contributed by atoms with Crippen LogP contribution in [0.5, 0.6) is 5.75 Å². The first-order valence-electron chi connectivity index (χ1n) is 5.31. The van der Waals surface area contributed by atoms with E-state index in [1.165, 1.54) is 7.11 Å². The van der Waals surface area contributed by atoms with Gasteiger partial charge in [0.05, 0.1) is 24.0 Å². The SMILES string of the molecule is COc1cc(NC(=O)CCCl)c(C)cc1SOOO. The van der Waals surface area contributed by atoms with E-state index in [9.17, 15) is 4.79 Å². The summed E-state index contributed by atoms with van der Waals surface area (Å²) in [6.07, 6.45) is 0.237. The van der Waals surface area contributed by atoms with Gasteiger partial charge in [0.15, 0.2) is 0 Å². The Morgan fingerprint density at radius 3 is 2.84 bits per heavy atom. The standard InChI is InChI=1S/C11H14ClNO5S/c1-7-5-10(19-18-17-15)9(16-2)6-8(7)13-11(14)3-4-12/h5-6,15H,3-4H2,1-2H3,(H,13,14). The number of nitrogens with one attached hydrogen (secondary N) is 1. The Morgan fingerprint density at radius 2 is 2.26 bits per heavy atom. The van der Waals surface area contributed by atoms with Crippen LogP contribution < -0.4 is 10.1 Å².